The standard InChI is InChI=1S/C24H30N4O.CH5N/c1-17(25)29-21(26)16-24(2,3)14-8-10-18-9-7-13-20(15-18)23(28)22(27)19-11-5-4-6-12-19;1-2/h4-13,15,21,25,27-28H,14,16,26H2,1-3H3;2H2,1H3/b10-8+,25-17?,27-22?,28-23?;. The van der Waals surface area contributed by atoms with Gasteiger partial charge in [0.2, 0.25) is 0 Å². The molecule has 0 aliphatic heterocycles. The molecule has 0 heterocycles. The number of benzene rings is 2. The van der Waals surface area contributed by atoms with Gasteiger partial charge in [0, 0.05) is 24.5 Å². The first kappa shape index (κ1) is 25.9. The lowest BCUT2D eigenvalue weighted by Gasteiger charge is -2.26. The fraction of sp³-hybridized carbons (Fsp3) is 0.320. The van der Waals surface area contributed by atoms with Crippen LogP contribution in [0.2, 0.25) is 0 Å². The van der Waals surface area contributed by atoms with Crippen molar-refractivity contribution in [1.82, 2.24) is 0 Å². The van der Waals surface area contributed by atoms with Crippen LogP contribution in [-0.2, 0) is 4.74 Å². The Hall–Kier alpha value is -3.09. The fourth-order valence-corrected chi connectivity index (χ4v) is 3.10. The summed E-state index contributed by atoms with van der Waals surface area (Å²) in [6, 6.07) is 17.0. The first-order chi connectivity index (χ1) is 14.7. The molecule has 0 amide bonds. The van der Waals surface area contributed by atoms with Crippen molar-refractivity contribution in [2.45, 2.75) is 39.8 Å². The first-order valence-electron chi connectivity index (χ1n) is 10.2. The Morgan fingerprint density at radius 3 is 2.16 bits per heavy atom. The van der Waals surface area contributed by atoms with Crippen molar-refractivity contribution in [3.63, 3.8) is 0 Å². The Morgan fingerprint density at radius 1 is 0.968 bits per heavy atom. The number of hydrogen-bond acceptors (Lipinski definition) is 6. The monoisotopic (exact) mass is 421 g/mol. The second-order valence-corrected chi connectivity index (χ2v) is 7.93. The molecular weight excluding hydrogens is 386 g/mol. The van der Waals surface area contributed by atoms with Crippen molar-refractivity contribution >= 4 is 23.4 Å². The van der Waals surface area contributed by atoms with Crippen molar-refractivity contribution in [2.75, 3.05) is 7.05 Å². The summed E-state index contributed by atoms with van der Waals surface area (Å²) in [7, 11) is 1.50. The largest absolute Gasteiger partial charge is 0.463 e. The zero-order chi connectivity index (χ0) is 23.4. The van der Waals surface area contributed by atoms with Crippen molar-refractivity contribution in [3.05, 3.63) is 77.4 Å². The molecule has 0 spiro atoms. The minimum Gasteiger partial charge on any atom is -0.463 e. The van der Waals surface area contributed by atoms with Crippen LogP contribution in [0.15, 0.2) is 60.7 Å². The molecule has 0 radical (unpaired) electrons. The summed E-state index contributed by atoms with van der Waals surface area (Å²) in [5, 5.41) is 24.1. The first-order valence-corrected chi connectivity index (χ1v) is 10.2. The van der Waals surface area contributed by atoms with E-state index in [9.17, 15) is 0 Å². The lowest BCUT2D eigenvalue weighted by molar-refractivity contribution is 0.129. The van der Waals surface area contributed by atoms with Crippen molar-refractivity contribution in [1.29, 1.82) is 16.2 Å². The summed E-state index contributed by atoms with van der Waals surface area (Å²) in [5.74, 6) is 0.129. The predicted octanol–water partition coefficient (Wildman–Crippen LogP) is 4.82. The summed E-state index contributed by atoms with van der Waals surface area (Å²) in [6.07, 6.45) is 5.09. The molecule has 0 saturated carbocycles. The van der Waals surface area contributed by atoms with Crippen LogP contribution in [0.1, 0.15) is 50.3 Å². The lowest BCUT2D eigenvalue weighted by atomic mass is 9.84. The van der Waals surface area contributed by atoms with Gasteiger partial charge in [0.1, 0.15) is 6.23 Å². The molecule has 0 fully saturated rings. The summed E-state index contributed by atoms with van der Waals surface area (Å²) < 4.78 is 5.24. The highest BCUT2D eigenvalue weighted by Gasteiger charge is 2.21. The zero-order valence-corrected chi connectivity index (χ0v) is 18.9. The lowest BCUT2D eigenvalue weighted by Crippen LogP contribution is -2.31. The number of allylic oxidation sites excluding steroid dienone is 1. The van der Waals surface area contributed by atoms with Gasteiger partial charge in [-0.05, 0) is 30.5 Å². The fourth-order valence-electron chi connectivity index (χ4n) is 3.10. The minimum atomic E-state index is -0.483. The normalized spacial score (nSPS) is 11.9. The van der Waals surface area contributed by atoms with E-state index in [1.807, 2.05) is 60.7 Å². The third kappa shape index (κ3) is 9.07. The Morgan fingerprint density at radius 2 is 1.55 bits per heavy atom. The third-order valence-electron chi connectivity index (χ3n) is 4.55. The molecule has 1 atom stereocenters. The van der Waals surface area contributed by atoms with E-state index in [4.69, 9.17) is 26.7 Å². The van der Waals surface area contributed by atoms with E-state index >= 15 is 0 Å². The molecular formula is C25H35N5O. The van der Waals surface area contributed by atoms with Gasteiger partial charge in [-0.1, -0.05) is 74.5 Å². The second-order valence-electron chi connectivity index (χ2n) is 7.93. The number of rotatable bonds is 9. The van der Waals surface area contributed by atoms with Crippen molar-refractivity contribution < 1.29 is 4.74 Å². The smallest absolute Gasteiger partial charge is 0.179 e. The molecule has 1 unspecified atom stereocenters. The number of nitrogens with two attached hydrogens (primary N) is 2. The van der Waals surface area contributed by atoms with E-state index in [2.05, 4.69) is 25.7 Å². The van der Waals surface area contributed by atoms with Crippen LogP contribution in [0.5, 0.6) is 0 Å². The van der Waals surface area contributed by atoms with E-state index in [0.29, 0.717) is 6.42 Å². The molecule has 6 heteroatoms. The van der Waals surface area contributed by atoms with E-state index in [1.54, 1.807) is 6.92 Å². The van der Waals surface area contributed by atoms with Gasteiger partial charge >= 0.3 is 0 Å². The summed E-state index contributed by atoms with van der Waals surface area (Å²) in [5.41, 5.74) is 13.2. The molecule has 0 aromatic heterocycles. The maximum atomic E-state index is 8.39. The zero-order valence-electron chi connectivity index (χ0n) is 18.9. The maximum absolute atomic E-state index is 8.39. The van der Waals surface area contributed by atoms with Crippen LogP contribution < -0.4 is 11.5 Å². The molecule has 0 aliphatic rings. The van der Waals surface area contributed by atoms with E-state index in [1.165, 1.54) is 7.05 Å². The van der Waals surface area contributed by atoms with E-state index in [-0.39, 0.29) is 22.7 Å². The molecule has 166 valence electrons. The molecule has 6 nitrogen and oxygen atoms in total. The Bertz CT molecular complexity index is 903. The van der Waals surface area contributed by atoms with Crippen LogP contribution in [-0.4, -0.2) is 30.6 Å². The van der Waals surface area contributed by atoms with Crippen LogP contribution >= 0.6 is 0 Å². The highest BCUT2D eigenvalue weighted by Crippen LogP contribution is 2.27. The molecule has 0 bridgehead atoms. The SMILES string of the molecule is CC(=N)OC(N)CC(C)(C)C/C=C/c1cccc(C(=N)C(=N)c2ccccc2)c1.CN. The van der Waals surface area contributed by atoms with Crippen LogP contribution in [0.3, 0.4) is 0 Å². The van der Waals surface area contributed by atoms with Gasteiger partial charge in [0.15, 0.2) is 5.90 Å². The van der Waals surface area contributed by atoms with Gasteiger partial charge in [-0.2, -0.15) is 0 Å². The Balaban J connectivity index is 0.00000233. The number of ether oxygens (including phenoxy) is 1. The minimum absolute atomic E-state index is 0.0644. The highest BCUT2D eigenvalue weighted by atomic mass is 16.5. The van der Waals surface area contributed by atoms with Crippen LogP contribution in [0, 0.1) is 21.6 Å². The molecule has 2 aromatic carbocycles. The molecule has 2 aromatic rings. The predicted molar refractivity (Wildman–Crippen MR) is 131 cm³/mol. The average Bonchev–Trinajstić information content (AvgIpc) is 2.73. The number of nitrogens with one attached hydrogen (secondary N) is 3. The summed E-state index contributed by atoms with van der Waals surface area (Å²) >= 11 is 0. The maximum Gasteiger partial charge on any atom is 0.179 e. The van der Waals surface area contributed by atoms with Gasteiger partial charge in [-0.25, -0.2) is 0 Å². The highest BCUT2D eigenvalue weighted by molar-refractivity contribution is 6.51. The topological polar surface area (TPSA) is 133 Å². The van der Waals surface area contributed by atoms with Gasteiger partial charge in [0.25, 0.3) is 0 Å². The van der Waals surface area contributed by atoms with Gasteiger partial charge in [0.05, 0.1) is 11.4 Å². The third-order valence-corrected chi connectivity index (χ3v) is 4.55. The van der Waals surface area contributed by atoms with Crippen molar-refractivity contribution in [2.24, 2.45) is 16.9 Å². The molecule has 31 heavy (non-hydrogen) atoms. The van der Waals surface area contributed by atoms with E-state index < -0.39 is 6.23 Å². The summed E-state index contributed by atoms with van der Waals surface area (Å²) in [4.78, 5) is 0. The van der Waals surface area contributed by atoms with Crippen molar-refractivity contribution in [3.8, 4) is 0 Å². The van der Waals surface area contributed by atoms with Crippen LogP contribution in [0.25, 0.3) is 6.08 Å². The van der Waals surface area contributed by atoms with Gasteiger partial charge in [-0.15, -0.1) is 0 Å². The molecule has 0 saturated heterocycles. The molecule has 7 N–H and O–H groups in total. The molecule has 0 aliphatic carbocycles. The van der Waals surface area contributed by atoms with Gasteiger partial charge in [-0.3, -0.25) is 22.0 Å². The van der Waals surface area contributed by atoms with E-state index in [0.717, 1.165) is 23.1 Å². The summed E-state index contributed by atoms with van der Waals surface area (Å²) in [6.45, 7) is 5.81. The van der Waals surface area contributed by atoms with Crippen LogP contribution in [0.4, 0.5) is 0 Å². The molecule has 2 rings (SSSR count). The average molecular weight is 422 g/mol. The quantitative estimate of drug-likeness (QED) is 0.226. The Kier molecular flexibility index (Phi) is 10.5. The second kappa shape index (κ2) is 12.6. The number of hydrogen-bond donors (Lipinski definition) is 5. The van der Waals surface area contributed by atoms with Gasteiger partial charge < -0.3 is 10.5 Å². The Labute approximate surface area is 185 Å².